The molecule has 148 valence electrons. The van der Waals surface area contributed by atoms with Gasteiger partial charge in [-0.2, -0.15) is 5.10 Å². The number of ether oxygens (including phenoxy) is 1. The molecule has 4 heterocycles. The molecule has 0 bridgehead atoms. The smallest absolute Gasteiger partial charge is 0.200 e. The second-order valence-corrected chi connectivity index (χ2v) is 11.2. The van der Waals surface area contributed by atoms with Crippen molar-refractivity contribution in [2.45, 2.75) is 44.4 Å². The van der Waals surface area contributed by atoms with Crippen molar-refractivity contribution in [2.75, 3.05) is 19.6 Å². The third kappa shape index (κ3) is 3.24. The molecule has 3 aliphatic rings. The first-order valence-corrected chi connectivity index (χ1v) is 12.3. The Kier molecular flexibility index (Phi) is 5.06. The Balaban J connectivity index is 1.53. The Morgan fingerprint density at radius 2 is 2.04 bits per heavy atom. The first kappa shape index (κ1) is 19.1. The minimum absolute atomic E-state index is 0.245. The van der Waals surface area contributed by atoms with Crippen LogP contribution in [0.3, 0.4) is 0 Å². The standard InChI is InChI=1S/C21H23Br2N3OS/c1-2-9-25-10-7-21(8-11-25)26-17(15-12-14(22)3-4-18(15)27-21)13-16(24-26)19-5-6-20(23)28-19/h3-6,12,17H,2,7-11,13H2,1H3. The average molecular weight is 525 g/mol. The minimum atomic E-state index is -0.327. The van der Waals surface area contributed by atoms with Crippen molar-refractivity contribution in [3.8, 4) is 5.75 Å². The zero-order valence-corrected chi connectivity index (χ0v) is 19.8. The number of fused-ring (bicyclic) bond motifs is 4. The third-order valence-corrected chi connectivity index (χ3v) is 8.16. The number of hydrazone groups is 1. The van der Waals surface area contributed by atoms with Gasteiger partial charge in [0, 0.05) is 42.4 Å². The number of hydrogen-bond donors (Lipinski definition) is 0. The van der Waals surface area contributed by atoms with E-state index in [0.29, 0.717) is 0 Å². The fraction of sp³-hybridized carbons (Fsp3) is 0.476. The lowest BCUT2D eigenvalue weighted by atomic mass is 9.91. The van der Waals surface area contributed by atoms with Crippen molar-refractivity contribution in [3.05, 3.63) is 49.0 Å². The molecule has 0 aliphatic carbocycles. The zero-order chi connectivity index (χ0) is 19.3. The lowest BCUT2D eigenvalue weighted by Crippen LogP contribution is -2.59. The summed E-state index contributed by atoms with van der Waals surface area (Å²) in [6, 6.07) is 10.9. The van der Waals surface area contributed by atoms with E-state index in [1.54, 1.807) is 11.3 Å². The number of rotatable bonds is 3. The normalized spacial score (nSPS) is 23.3. The highest BCUT2D eigenvalue weighted by molar-refractivity contribution is 9.11. The van der Waals surface area contributed by atoms with E-state index < -0.39 is 0 Å². The van der Waals surface area contributed by atoms with Crippen LogP contribution in [-0.4, -0.2) is 41.0 Å². The van der Waals surface area contributed by atoms with Crippen LogP contribution in [0.25, 0.3) is 0 Å². The van der Waals surface area contributed by atoms with Gasteiger partial charge in [-0.25, -0.2) is 5.01 Å². The van der Waals surface area contributed by atoms with Crippen LogP contribution in [0.4, 0.5) is 0 Å². The number of hydrogen-bond acceptors (Lipinski definition) is 5. The molecule has 2 aromatic rings. The molecule has 1 saturated heterocycles. The monoisotopic (exact) mass is 523 g/mol. The van der Waals surface area contributed by atoms with Crippen LogP contribution in [0.15, 0.2) is 43.7 Å². The Bertz CT molecular complexity index is 920. The lowest BCUT2D eigenvalue weighted by molar-refractivity contribution is -0.149. The number of likely N-dealkylation sites (tertiary alicyclic amines) is 1. The summed E-state index contributed by atoms with van der Waals surface area (Å²) in [6.07, 6.45) is 4.11. The Morgan fingerprint density at radius 1 is 1.21 bits per heavy atom. The number of nitrogens with zero attached hydrogens (tertiary/aromatic N) is 3. The van der Waals surface area contributed by atoms with Gasteiger partial charge in [0.2, 0.25) is 5.72 Å². The van der Waals surface area contributed by atoms with E-state index in [9.17, 15) is 0 Å². The Morgan fingerprint density at radius 3 is 2.75 bits per heavy atom. The Hall–Kier alpha value is -0.890. The summed E-state index contributed by atoms with van der Waals surface area (Å²) in [7, 11) is 0. The molecule has 0 amide bonds. The Labute approximate surface area is 186 Å². The fourth-order valence-electron chi connectivity index (χ4n) is 4.64. The van der Waals surface area contributed by atoms with Gasteiger partial charge in [0.05, 0.1) is 20.4 Å². The van der Waals surface area contributed by atoms with Crippen LogP contribution < -0.4 is 4.74 Å². The second kappa shape index (κ2) is 7.42. The van der Waals surface area contributed by atoms with Crippen LogP contribution in [0.5, 0.6) is 5.75 Å². The predicted octanol–water partition coefficient (Wildman–Crippen LogP) is 6.02. The van der Waals surface area contributed by atoms with Crippen LogP contribution in [-0.2, 0) is 0 Å². The molecule has 0 radical (unpaired) electrons. The molecule has 0 N–H and O–H groups in total. The minimum Gasteiger partial charge on any atom is -0.466 e. The van der Waals surface area contributed by atoms with Crippen LogP contribution in [0.2, 0.25) is 0 Å². The van der Waals surface area contributed by atoms with E-state index in [0.717, 1.165) is 46.4 Å². The van der Waals surface area contributed by atoms with Gasteiger partial charge in [-0.3, -0.25) is 0 Å². The largest absolute Gasteiger partial charge is 0.466 e. The van der Waals surface area contributed by atoms with E-state index >= 15 is 0 Å². The van der Waals surface area contributed by atoms with Gasteiger partial charge >= 0.3 is 0 Å². The highest BCUT2D eigenvalue weighted by Crippen LogP contribution is 2.50. The van der Waals surface area contributed by atoms with Crippen LogP contribution >= 0.6 is 43.2 Å². The van der Waals surface area contributed by atoms with Crippen LogP contribution in [0.1, 0.15) is 49.1 Å². The van der Waals surface area contributed by atoms with Gasteiger partial charge in [0.25, 0.3) is 0 Å². The first-order chi connectivity index (χ1) is 13.6. The van der Waals surface area contributed by atoms with E-state index in [2.05, 4.69) is 79.0 Å². The van der Waals surface area contributed by atoms with Crippen molar-refractivity contribution < 1.29 is 4.74 Å². The maximum absolute atomic E-state index is 6.71. The molecule has 1 atom stereocenters. The molecular formula is C21H23Br2N3OS. The van der Waals surface area contributed by atoms with Crippen molar-refractivity contribution in [3.63, 3.8) is 0 Å². The van der Waals surface area contributed by atoms with Gasteiger partial charge in [-0.1, -0.05) is 22.9 Å². The zero-order valence-electron chi connectivity index (χ0n) is 15.8. The van der Waals surface area contributed by atoms with Crippen molar-refractivity contribution >= 4 is 48.9 Å². The third-order valence-electron chi connectivity index (χ3n) is 5.99. The lowest BCUT2D eigenvalue weighted by Gasteiger charge is -2.51. The SMILES string of the molecule is CCCN1CCC2(CC1)Oc1ccc(Br)cc1C1CC(c3ccc(Br)s3)=NN12. The second-order valence-electron chi connectivity index (χ2n) is 7.79. The molecule has 1 aromatic carbocycles. The summed E-state index contributed by atoms with van der Waals surface area (Å²) in [5, 5.41) is 7.45. The summed E-state index contributed by atoms with van der Waals surface area (Å²) in [4.78, 5) is 3.80. The summed E-state index contributed by atoms with van der Waals surface area (Å²) in [5.74, 6) is 1.03. The number of halogens is 2. The summed E-state index contributed by atoms with van der Waals surface area (Å²) in [5.41, 5.74) is 2.09. The molecule has 3 aliphatic heterocycles. The van der Waals surface area contributed by atoms with Gasteiger partial charge in [-0.05, 0) is 59.2 Å². The molecule has 1 fully saturated rings. The average Bonchev–Trinajstić information content (AvgIpc) is 3.32. The van der Waals surface area contributed by atoms with E-state index in [1.165, 1.54) is 29.1 Å². The molecule has 1 unspecified atom stereocenters. The summed E-state index contributed by atoms with van der Waals surface area (Å²) >= 11 is 9.00. The highest BCUT2D eigenvalue weighted by atomic mass is 79.9. The van der Waals surface area contributed by atoms with Gasteiger partial charge in [0.15, 0.2) is 0 Å². The fourth-order valence-corrected chi connectivity index (χ4v) is 6.40. The van der Waals surface area contributed by atoms with E-state index in [1.807, 2.05) is 0 Å². The molecule has 1 spiro atoms. The molecule has 28 heavy (non-hydrogen) atoms. The van der Waals surface area contributed by atoms with E-state index in [4.69, 9.17) is 9.84 Å². The van der Waals surface area contributed by atoms with Gasteiger partial charge in [-0.15, -0.1) is 11.3 Å². The van der Waals surface area contributed by atoms with Gasteiger partial charge < -0.3 is 9.64 Å². The topological polar surface area (TPSA) is 28.1 Å². The maximum Gasteiger partial charge on any atom is 0.200 e. The number of thiophene rings is 1. The first-order valence-electron chi connectivity index (χ1n) is 9.91. The molecule has 7 heteroatoms. The highest BCUT2D eigenvalue weighted by Gasteiger charge is 2.51. The van der Waals surface area contributed by atoms with Crippen molar-refractivity contribution in [2.24, 2.45) is 5.10 Å². The van der Waals surface area contributed by atoms with E-state index in [-0.39, 0.29) is 11.8 Å². The predicted molar refractivity (Wildman–Crippen MR) is 121 cm³/mol. The molecular weight excluding hydrogens is 502 g/mol. The molecule has 1 aromatic heterocycles. The molecule has 5 rings (SSSR count). The van der Waals surface area contributed by atoms with Crippen molar-refractivity contribution in [1.82, 2.24) is 9.91 Å². The number of piperidine rings is 1. The molecule has 4 nitrogen and oxygen atoms in total. The molecule has 0 saturated carbocycles. The summed E-state index contributed by atoms with van der Waals surface area (Å²) < 4.78 is 8.95. The van der Waals surface area contributed by atoms with Crippen molar-refractivity contribution in [1.29, 1.82) is 0 Å². The van der Waals surface area contributed by atoms with Crippen LogP contribution in [0, 0.1) is 0 Å². The number of benzene rings is 1. The summed E-state index contributed by atoms with van der Waals surface area (Å²) in [6.45, 7) is 5.55. The quantitative estimate of drug-likeness (QED) is 0.491. The van der Waals surface area contributed by atoms with Gasteiger partial charge in [0.1, 0.15) is 5.75 Å². The maximum atomic E-state index is 6.71.